The fourth-order valence-electron chi connectivity index (χ4n) is 5.22. The highest BCUT2D eigenvalue weighted by molar-refractivity contribution is 6.31. The first-order valence-corrected chi connectivity index (χ1v) is 12.5. The highest BCUT2D eigenvalue weighted by atomic mass is 35.5. The van der Waals surface area contributed by atoms with Crippen molar-refractivity contribution in [1.82, 2.24) is 15.1 Å². The van der Waals surface area contributed by atoms with E-state index >= 15 is 0 Å². The summed E-state index contributed by atoms with van der Waals surface area (Å²) in [5, 5.41) is 6.56. The molecule has 0 unspecified atom stereocenters. The van der Waals surface area contributed by atoms with Gasteiger partial charge in [0.05, 0.1) is 24.9 Å². The van der Waals surface area contributed by atoms with Crippen molar-refractivity contribution in [3.63, 3.8) is 0 Å². The number of rotatable bonds is 3. The molecule has 4 amide bonds. The van der Waals surface area contributed by atoms with Gasteiger partial charge < -0.3 is 25.2 Å². The molecule has 0 aromatic heterocycles. The lowest BCUT2D eigenvalue weighted by atomic mass is 9.96. The van der Waals surface area contributed by atoms with Gasteiger partial charge in [-0.25, -0.2) is 4.79 Å². The number of benzene rings is 2. The van der Waals surface area contributed by atoms with E-state index in [0.29, 0.717) is 35.1 Å². The third kappa shape index (κ3) is 4.67. The first-order valence-electron chi connectivity index (χ1n) is 12.1. The number of ether oxygens (including phenoxy) is 1. The van der Waals surface area contributed by atoms with Crippen LogP contribution in [0.1, 0.15) is 42.5 Å². The summed E-state index contributed by atoms with van der Waals surface area (Å²) < 4.78 is 5.47. The predicted octanol–water partition coefficient (Wildman–Crippen LogP) is 4.14. The Bertz CT molecular complexity index is 1160. The Morgan fingerprint density at radius 3 is 2.63 bits per heavy atom. The molecule has 1 saturated carbocycles. The van der Waals surface area contributed by atoms with Crippen LogP contribution in [0.5, 0.6) is 5.75 Å². The molecule has 184 valence electrons. The van der Waals surface area contributed by atoms with Crippen molar-refractivity contribution in [2.24, 2.45) is 0 Å². The summed E-state index contributed by atoms with van der Waals surface area (Å²) in [7, 11) is 1.58. The average molecular weight is 497 g/mol. The highest BCUT2D eigenvalue weighted by Crippen LogP contribution is 2.36. The maximum Gasteiger partial charge on any atom is 0.317 e. The van der Waals surface area contributed by atoms with Gasteiger partial charge in [0.2, 0.25) is 5.91 Å². The SMILES string of the molecule is COc1ccc(Cl)cc1-c1ccc2c(c1)C(=O)N1CCN(C(=O)NC3CCCCC3)C[C@@H]1C(=O)N2. The zero-order chi connectivity index (χ0) is 24.5. The molecule has 8 nitrogen and oxygen atoms in total. The Labute approximate surface area is 209 Å². The normalized spacial score (nSPS) is 20.5. The van der Waals surface area contributed by atoms with Crippen molar-refractivity contribution in [1.29, 1.82) is 0 Å². The van der Waals surface area contributed by atoms with Gasteiger partial charge in [0.15, 0.2) is 0 Å². The summed E-state index contributed by atoms with van der Waals surface area (Å²) in [5.41, 5.74) is 2.37. The second kappa shape index (κ2) is 9.77. The maximum absolute atomic E-state index is 13.6. The van der Waals surface area contributed by atoms with Gasteiger partial charge in [-0.2, -0.15) is 0 Å². The minimum absolute atomic E-state index is 0.158. The number of amides is 4. The molecule has 2 aromatic rings. The monoisotopic (exact) mass is 496 g/mol. The van der Waals surface area contributed by atoms with Crippen LogP contribution in [0.3, 0.4) is 0 Å². The van der Waals surface area contributed by atoms with Crippen LogP contribution in [-0.4, -0.2) is 66.5 Å². The van der Waals surface area contributed by atoms with E-state index in [1.807, 2.05) is 6.07 Å². The van der Waals surface area contributed by atoms with Crippen molar-refractivity contribution in [3.8, 4) is 16.9 Å². The van der Waals surface area contributed by atoms with Crippen molar-refractivity contribution in [2.75, 3.05) is 32.1 Å². The van der Waals surface area contributed by atoms with Crippen molar-refractivity contribution in [2.45, 2.75) is 44.2 Å². The van der Waals surface area contributed by atoms with Crippen LogP contribution in [0.4, 0.5) is 10.5 Å². The van der Waals surface area contributed by atoms with Gasteiger partial charge in [0.1, 0.15) is 11.8 Å². The number of carbonyl (C=O) groups excluding carboxylic acids is 3. The summed E-state index contributed by atoms with van der Waals surface area (Å²) in [6, 6.07) is 9.91. The second-order valence-electron chi connectivity index (χ2n) is 9.34. The average Bonchev–Trinajstić information content (AvgIpc) is 2.98. The standard InChI is InChI=1S/C26H29ClN4O4/c1-35-23-10-8-17(27)14-19(23)16-7-9-21-20(13-16)25(33)31-12-11-30(15-22(31)24(32)29-21)26(34)28-18-5-3-2-4-6-18/h7-10,13-14,18,22H,2-6,11-12,15H2,1H3,(H,28,34)(H,29,32)/t22-/m1/s1. The topological polar surface area (TPSA) is 91.0 Å². The number of nitrogens with one attached hydrogen (secondary N) is 2. The summed E-state index contributed by atoms with van der Waals surface area (Å²) in [6.07, 6.45) is 5.44. The molecule has 1 saturated heterocycles. The fraction of sp³-hybridized carbons (Fsp3) is 0.423. The smallest absolute Gasteiger partial charge is 0.317 e. The quantitative estimate of drug-likeness (QED) is 0.668. The molecular formula is C26H29ClN4O4. The van der Waals surface area contributed by atoms with Crippen molar-refractivity contribution >= 4 is 35.1 Å². The number of nitrogens with zero attached hydrogens (tertiary/aromatic N) is 2. The Morgan fingerprint density at radius 2 is 1.86 bits per heavy atom. The van der Waals surface area contributed by atoms with E-state index < -0.39 is 6.04 Å². The molecule has 0 spiro atoms. The Kier molecular flexibility index (Phi) is 6.56. The number of piperazine rings is 1. The molecule has 3 aliphatic rings. The van der Waals surface area contributed by atoms with E-state index in [1.165, 1.54) is 6.42 Å². The lowest BCUT2D eigenvalue weighted by molar-refractivity contribution is -0.121. The van der Waals surface area contributed by atoms with E-state index in [2.05, 4.69) is 10.6 Å². The molecule has 35 heavy (non-hydrogen) atoms. The molecule has 2 aromatic carbocycles. The molecule has 2 aliphatic heterocycles. The Balaban J connectivity index is 1.38. The van der Waals surface area contributed by atoms with Gasteiger partial charge in [0.25, 0.3) is 5.91 Å². The van der Waals surface area contributed by atoms with Gasteiger partial charge in [0, 0.05) is 29.7 Å². The number of hydrogen-bond acceptors (Lipinski definition) is 4. The summed E-state index contributed by atoms with van der Waals surface area (Å²) in [6.45, 7) is 0.837. The molecule has 9 heteroatoms. The van der Waals surface area contributed by atoms with E-state index in [0.717, 1.165) is 36.8 Å². The van der Waals surface area contributed by atoms with Crippen molar-refractivity contribution < 1.29 is 19.1 Å². The summed E-state index contributed by atoms with van der Waals surface area (Å²) in [4.78, 5) is 42.8. The van der Waals surface area contributed by atoms with Gasteiger partial charge >= 0.3 is 6.03 Å². The van der Waals surface area contributed by atoms with Crippen LogP contribution < -0.4 is 15.4 Å². The van der Waals surface area contributed by atoms with E-state index in [-0.39, 0.29) is 30.4 Å². The van der Waals surface area contributed by atoms with Gasteiger partial charge in [-0.1, -0.05) is 36.9 Å². The van der Waals surface area contributed by atoms with Crippen LogP contribution in [0.2, 0.25) is 5.02 Å². The lowest BCUT2D eigenvalue weighted by Crippen LogP contribution is -2.61. The molecule has 2 N–H and O–H groups in total. The number of halogens is 1. The molecule has 5 rings (SSSR count). The Morgan fingerprint density at radius 1 is 1.06 bits per heavy atom. The highest BCUT2D eigenvalue weighted by Gasteiger charge is 2.40. The number of fused-ring (bicyclic) bond motifs is 2. The van der Waals surface area contributed by atoms with Crippen LogP contribution in [0.15, 0.2) is 36.4 Å². The van der Waals surface area contributed by atoms with E-state index in [1.54, 1.807) is 47.2 Å². The first-order chi connectivity index (χ1) is 16.9. The maximum atomic E-state index is 13.6. The Hall–Kier alpha value is -3.26. The number of anilines is 1. The largest absolute Gasteiger partial charge is 0.496 e. The number of methoxy groups -OCH3 is 1. The minimum Gasteiger partial charge on any atom is -0.496 e. The van der Waals surface area contributed by atoms with Gasteiger partial charge in [-0.3, -0.25) is 9.59 Å². The molecule has 2 heterocycles. The van der Waals surface area contributed by atoms with Crippen molar-refractivity contribution in [3.05, 3.63) is 47.0 Å². The molecule has 0 radical (unpaired) electrons. The number of hydrogen-bond donors (Lipinski definition) is 2. The second-order valence-corrected chi connectivity index (χ2v) is 9.78. The molecule has 0 bridgehead atoms. The van der Waals surface area contributed by atoms with Crippen LogP contribution in [-0.2, 0) is 4.79 Å². The molecule has 2 fully saturated rings. The number of carbonyl (C=O) groups is 3. The van der Waals surface area contributed by atoms with Crippen LogP contribution in [0, 0.1) is 0 Å². The predicted molar refractivity (Wildman–Crippen MR) is 134 cm³/mol. The lowest BCUT2D eigenvalue weighted by Gasteiger charge is -2.40. The molecule has 1 atom stereocenters. The zero-order valence-electron chi connectivity index (χ0n) is 19.7. The third-order valence-electron chi connectivity index (χ3n) is 7.14. The van der Waals surface area contributed by atoms with E-state index in [9.17, 15) is 14.4 Å². The zero-order valence-corrected chi connectivity index (χ0v) is 20.4. The van der Waals surface area contributed by atoms with Crippen LogP contribution >= 0.6 is 11.6 Å². The fourth-order valence-corrected chi connectivity index (χ4v) is 5.39. The van der Waals surface area contributed by atoms with Gasteiger partial charge in [-0.15, -0.1) is 0 Å². The summed E-state index contributed by atoms with van der Waals surface area (Å²) >= 11 is 6.21. The molecular weight excluding hydrogens is 468 g/mol. The third-order valence-corrected chi connectivity index (χ3v) is 7.38. The minimum atomic E-state index is -0.745. The van der Waals surface area contributed by atoms with Gasteiger partial charge in [-0.05, 0) is 48.7 Å². The first kappa shape index (κ1) is 23.5. The summed E-state index contributed by atoms with van der Waals surface area (Å²) in [5.74, 6) is 0.105. The van der Waals surface area contributed by atoms with E-state index in [4.69, 9.17) is 16.3 Å². The van der Waals surface area contributed by atoms with Crippen LogP contribution in [0.25, 0.3) is 11.1 Å². The number of urea groups is 1. The molecule has 1 aliphatic carbocycles.